The van der Waals surface area contributed by atoms with Crippen LogP contribution in [0.1, 0.15) is 46.1 Å². The van der Waals surface area contributed by atoms with Gasteiger partial charge in [0.1, 0.15) is 11.5 Å². The lowest BCUT2D eigenvalue weighted by molar-refractivity contribution is 0.239. The lowest BCUT2D eigenvalue weighted by Gasteiger charge is -2.19. The van der Waals surface area contributed by atoms with Gasteiger partial charge in [-0.2, -0.15) is 0 Å². The van der Waals surface area contributed by atoms with Crippen molar-refractivity contribution in [2.45, 2.75) is 47.1 Å². The molecule has 1 aromatic rings. The summed E-state index contributed by atoms with van der Waals surface area (Å²) in [5.74, 6) is 1.81. The van der Waals surface area contributed by atoms with Gasteiger partial charge >= 0.3 is 0 Å². The summed E-state index contributed by atoms with van der Waals surface area (Å²) in [5.41, 5.74) is 1.46. The fourth-order valence-electron chi connectivity index (χ4n) is 1.78. The minimum Gasteiger partial charge on any atom is -0.493 e. The molecule has 0 saturated carbocycles. The smallest absolute Gasteiger partial charge is 0.127 e. The Labute approximate surface area is 123 Å². The molecule has 0 spiro atoms. The van der Waals surface area contributed by atoms with Crippen molar-refractivity contribution in [1.29, 1.82) is 0 Å². The molecule has 0 atom stereocenters. The van der Waals surface area contributed by atoms with Crippen molar-refractivity contribution in [1.82, 2.24) is 5.32 Å². The lowest BCUT2D eigenvalue weighted by atomic mass is 9.93. The van der Waals surface area contributed by atoms with Crippen LogP contribution in [0.3, 0.4) is 0 Å². The molecule has 0 aliphatic rings. The topological polar surface area (TPSA) is 30.5 Å². The van der Waals surface area contributed by atoms with Crippen molar-refractivity contribution in [3.8, 4) is 11.5 Å². The molecule has 0 unspecified atom stereocenters. The first-order chi connectivity index (χ1) is 9.46. The Morgan fingerprint density at radius 2 is 1.85 bits per heavy atom. The van der Waals surface area contributed by atoms with Crippen LogP contribution in [-0.4, -0.2) is 20.3 Å². The second kappa shape index (κ2) is 8.15. The van der Waals surface area contributed by atoms with E-state index in [4.69, 9.17) is 9.47 Å². The van der Waals surface area contributed by atoms with E-state index in [-0.39, 0.29) is 0 Å². The number of hydrogen-bond donors (Lipinski definition) is 1. The van der Waals surface area contributed by atoms with Gasteiger partial charge in [0.05, 0.1) is 13.2 Å². The van der Waals surface area contributed by atoms with E-state index in [9.17, 15) is 0 Å². The number of ether oxygens (including phenoxy) is 2. The molecule has 3 heteroatoms. The number of rotatable bonds is 8. The molecule has 0 bridgehead atoms. The maximum absolute atomic E-state index is 5.97. The summed E-state index contributed by atoms with van der Waals surface area (Å²) in [4.78, 5) is 0. The highest BCUT2D eigenvalue weighted by molar-refractivity contribution is 5.40. The predicted molar refractivity (Wildman–Crippen MR) is 84.6 cm³/mol. The van der Waals surface area contributed by atoms with Gasteiger partial charge in [-0.25, -0.2) is 0 Å². The minimum atomic E-state index is 0.291. The van der Waals surface area contributed by atoms with Gasteiger partial charge in [-0.05, 0) is 31.4 Å². The molecular formula is C17H29NO2. The molecule has 3 nitrogen and oxygen atoms in total. The first-order valence-electron chi connectivity index (χ1n) is 7.49. The maximum Gasteiger partial charge on any atom is 0.127 e. The third-order valence-electron chi connectivity index (χ3n) is 2.99. The van der Waals surface area contributed by atoms with Crippen LogP contribution in [0, 0.1) is 5.41 Å². The zero-order chi connectivity index (χ0) is 15.0. The van der Waals surface area contributed by atoms with Gasteiger partial charge in [0.2, 0.25) is 0 Å². The normalized spacial score (nSPS) is 11.4. The first kappa shape index (κ1) is 16.8. The third-order valence-corrected chi connectivity index (χ3v) is 2.99. The molecule has 0 heterocycles. The quantitative estimate of drug-likeness (QED) is 0.780. The summed E-state index contributed by atoms with van der Waals surface area (Å²) in [6.45, 7) is 11.1. The summed E-state index contributed by atoms with van der Waals surface area (Å²) in [5, 5.41) is 3.17. The van der Waals surface area contributed by atoms with Crippen LogP contribution in [0.15, 0.2) is 18.2 Å². The van der Waals surface area contributed by atoms with E-state index >= 15 is 0 Å². The van der Waals surface area contributed by atoms with Crippen molar-refractivity contribution in [3.63, 3.8) is 0 Å². The highest BCUT2D eigenvalue weighted by Gasteiger charge is 2.11. The summed E-state index contributed by atoms with van der Waals surface area (Å²) in [6, 6.07) is 6.10. The standard InChI is InChI=1S/C17H29NO2/c1-6-10-19-15-8-7-14(13-18-5)16(12-15)20-11-9-17(2,3)4/h7-8,12,18H,6,9-11,13H2,1-5H3. The van der Waals surface area contributed by atoms with Gasteiger partial charge in [0.25, 0.3) is 0 Å². The third kappa shape index (κ3) is 6.29. The summed E-state index contributed by atoms with van der Waals surface area (Å²) >= 11 is 0. The molecule has 1 N–H and O–H groups in total. The Morgan fingerprint density at radius 3 is 2.45 bits per heavy atom. The summed E-state index contributed by atoms with van der Waals surface area (Å²) in [7, 11) is 1.94. The van der Waals surface area contributed by atoms with Crippen molar-refractivity contribution in [2.24, 2.45) is 5.41 Å². The van der Waals surface area contributed by atoms with Gasteiger partial charge < -0.3 is 14.8 Å². The molecule has 0 fully saturated rings. The molecule has 0 aromatic heterocycles. The maximum atomic E-state index is 5.97. The van der Waals surface area contributed by atoms with Gasteiger partial charge in [-0.15, -0.1) is 0 Å². The molecule has 114 valence electrons. The van der Waals surface area contributed by atoms with Crippen LogP contribution < -0.4 is 14.8 Å². The van der Waals surface area contributed by atoms with E-state index in [1.54, 1.807) is 0 Å². The number of nitrogens with one attached hydrogen (secondary N) is 1. The molecule has 0 aliphatic carbocycles. The minimum absolute atomic E-state index is 0.291. The van der Waals surface area contributed by atoms with E-state index in [1.807, 2.05) is 19.2 Å². The molecule has 20 heavy (non-hydrogen) atoms. The Kier molecular flexibility index (Phi) is 6.86. The number of hydrogen-bond acceptors (Lipinski definition) is 3. The molecule has 1 rings (SSSR count). The molecule has 1 aromatic carbocycles. The average Bonchev–Trinajstić information content (AvgIpc) is 2.37. The van der Waals surface area contributed by atoms with Crippen LogP contribution >= 0.6 is 0 Å². The van der Waals surface area contributed by atoms with Crippen LogP contribution in [0.25, 0.3) is 0 Å². The Hall–Kier alpha value is -1.22. The average molecular weight is 279 g/mol. The van der Waals surface area contributed by atoms with Crippen molar-refractivity contribution < 1.29 is 9.47 Å². The van der Waals surface area contributed by atoms with E-state index in [2.05, 4.69) is 39.1 Å². The highest BCUT2D eigenvalue weighted by atomic mass is 16.5. The van der Waals surface area contributed by atoms with E-state index in [0.29, 0.717) is 5.41 Å². The van der Waals surface area contributed by atoms with Gasteiger partial charge in [0.15, 0.2) is 0 Å². The molecular weight excluding hydrogens is 250 g/mol. The lowest BCUT2D eigenvalue weighted by Crippen LogP contribution is -2.13. The first-order valence-corrected chi connectivity index (χ1v) is 7.49. The van der Waals surface area contributed by atoms with Crippen LogP contribution in [0.5, 0.6) is 11.5 Å². The Balaban J connectivity index is 2.72. The van der Waals surface area contributed by atoms with Gasteiger partial charge in [0, 0.05) is 18.2 Å². The second-order valence-corrected chi connectivity index (χ2v) is 6.31. The highest BCUT2D eigenvalue weighted by Crippen LogP contribution is 2.26. The van der Waals surface area contributed by atoms with Crippen LogP contribution in [0.4, 0.5) is 0 Å². The van der Waals surface area contributed by atoms with E-state index in [0.717, 1.165) is 44.1 Å². The second-order valence-electron chi connectivity index (χ2n) is 6.31. The van der Waals surface area contributed by atoms with Crippen molar-refractivity contribution in [3.05, 3.63) is 23.8 Å². The molecule has 0 amide bonds. The van der Waals surface area contributed by atoms with Gasteiger partial charge in [-0.3, -0.25) is 0 Å². The van der Waals surface area contributed by atoms with Crippen molar-refractivity contribution >= 4 is 0 Å². The summed E-state index contributed by atoms with van der Waals surface area (Å²) in [6.07, 6.45) is 2.05. The SMILES string of the molecule is CCCOc1ccc(CNC)c(OCCC(C)(C)C)c1. The van der Waals surface area contributed by atoms with Gasteiger partial charge in [-0.1, -0.05) is 33.8 Å². The monoisotopic (exact) mass is 279 g/mol. The molecule has 0 aliphatic heterocycles. The Morgan fingerprint density at radius 1 is 1.10 bits per heavy atom. The largest absolute Gasteiger partial charge is 0.493 e. The van der Waals surface area contributed by atoms with Crippen LogP contribution in [0.2, 0.25) is 0 Å². The van der Waals surface area contributed by atoms with E-state index in [1.165, 1.54) is 5.56 Å². The van der Waals surface area contributed by atoms with Crippen LogP contribution in [-0.2, 0) is 6.54 Å². The molecule has 0 radical (unpaired) electrons. The van der Waals surface area contributed by atoms with E-state index < -0.39 is 0 Å². The molecule has 0 saturated heterocycles. The predicted octanol–water partition coefficient (Wildman–Crippen LogP) is 4.01. The fourth-order valence-corrected chi connectivity index (χ4v) is 1.78. The van der Waals surface area contributed by atoms with Crippen molar-refractivity contribution in [2.75, 3.05) is 20.3 Å². The number of benzene rings is 1. The fraction of sp³-hybridized carbons (Fsp3) is 0.647. The zero-order valence-electron chi connectivity index (χ0n) is 13.6. The zero-order valence-corrected chi connectivity index (χ0v) is 13.6. The summed E-state index contributed by atoms with van der Waals surface area (Å²) < 4.78 is 11.6. The Bertz CT molecular complexity index is 396.